The fourth-order valence-corrected chi connectivity index (χ4v) is 4.92. The van der Waals surface area contributed by atoms with E-state index in [2.05, 4.69) is 16.9 Å². The van der Waals surface area contributed by atoms with Crippen LogP contribution in [0.3, 0.4) is 0 Å². The molecule has 5 heteroatoms. The molecule has 1 aromatic carbocycles. The average molecular weight is 266 g/mol. The van der Waals surface area contributed by atoms with Crippen LogP contribution in [0, 0.1) is 0 Å². The zero-order chi connectivity index (χ0) is 12.8. The lowest BCUT2D eigenvalue weighted by molar-refractivity contribution is 0.227. The molecule has 0 unspecified atom stereocenters. The Kier molecular flexibility index (Phi) is 2.73. The third-order valence-electron chi connectivity index (χ3n) is 3.99. The lowest BCUT2D eigenvalue weighted by Crippen LogP contribution is -2.48. The van der Waals surface area contributed by atoms with Crippen molar-refractivity contribution < 1.29 is 8.42 Å². The Morgan fingerprint density at radius 1 is 1.28 bits per heavy atom. The fraction of sp³-hybridized carbons (Fsp3) is 0.538. The van der Waals surface area contributed by atoms with Gasteiger partial charge in [-0.2, -0.15) is 12.7 Å². The largest absolute Gasteiger partial charge is 0.280 e. The first-order valence-electron chi connectivity index (χ1n) is 6.42. The van der Waals surface area contributed by atoms with Gasteiger partial charge in [0, 0.05) is 13.1 Å². The van der Waals surface area contributed by atoms with E-state index < -0.39 is 10.2 Å². The summed E-state index contributed by atoms with van der Waals surface area (Å²) >= 11 is 0. The van der Waals surface area contributed by atoms with Gasteiger partial charge in [0.1, 0.15) is 0 Å². The van der Waals surface area contributed by atoms with Gasteiger partial charge in [0.15, 0.2) is 0 Å². The van der Waals surface area contributed by atoms with Gasteiger partial charge in [-0.3, -0.25) is 0 Å². The van der Waals surface area contributed by atoms with Gasteiger partial charge >= 0.3 is 0 Å². The molecule has 0 aromatic heterocycles. The quantitative estimate of drug-likeness (QED) is 0.871. The van der Waals surface area contributed by atoms with Gasteiger partial charge in [0.2, 0.25) is 0 Å². The van der Waals surface area contributed by atoms with Gasteiger partial charge in [-0.1, -0.05) is 31.2 Å². The van der Waals surface area contributed by atoms with Gasteiger partial charge in [-0.25, -0.2) is 4.72 Å². The zero-order valence-electron chi connectivity index (χ0n) is 10.5. The maximum absolute atomic E-state index is 12.1. The molecule has 1 aliphatic heterocycles. The third-order valence-corrected chi connectivity index (χ3v) is 5.65. The molecule has 3 rings (SSSR count). The Bertz CT molecular complexity index is 543. The molecule has 18 heavy (non-hydrogen) atoms. The number of rotatable bonds is 2. The second-order valence-corrected chi connectivity index (χ2v) is 6.92. The first-order chi connectivity index (χ1) is 8.57. The molecule has 1 N–H and O–H groups in total. The molecule has 2 aliphatic rings. The van der Waals surface area contributed by atoms with E-state index in [1.54, 1.807) is 4.31 Å². The SMILES string of the molecule is CCCN1C2(CNS1(=O)=O)Cc1ccccc1C2. The number of nitrogens with zero attached hydrogens (tertiary/aromatic N) is 1. The molecular formula is C13H18N2O2S. The van der Waals surface area contributed by atoms with Crippen LogP contribution in [0.15, 0.2) is 24.3 Å². The minimum atomic E-state index is -3.28. The molecule has 0 radical (unpaired) electrons. The van der Waals surface area contributed by atoms with Crippen LogP contribution in [0.25, 0.3) is 0 Å². The molecule has 1 heterocycles. The molecule has 0 saturated carbocycles. The summed E-state index contributed by atoms with van der Waals surface area (Å²) in [6.07, 6.45) is 2.50. The highest BCUT2D eigenvalue weighted by molar-refractivity contribution is 7.87. The van der Waals surface area contributed by atoms with Gasteiger partial charge in [0.25, 0.3) is 10.2 Å². The molecule has 4 nitrogen and oxygen atoms in total. The van der Waals surface area contributed by atoms with E-state index in [0.717, 1.165) is 19.3 Å². The number of hydrogen-bond donors (Lipinski definition) is 1. The molecule has 1 aromatic rings. The molecular weight excluding hydrogens is 248 g/mol. The predicted octanol–water partition coefficient (Wildman–Crippen LogP) is 1.08. The van der Waals surface area contributed by atoms with Crippen molar-refractivity contribution in [3.8, 4) is 0 Å². The van der Waals surface area contributed by atoms with Crippen molar-refractivity contribution in [3.63, 3.8) is 0 Å². The topological polar surface area (TPSA) is 49.4 Å². The van der Waals surface area contributed by atoms with Crippen LogP contribution in [-0.2, 0) is 23.1 Å². The summed E-state index contributed by atoms with van der Waals surface area (Å²) in [6.45, 7) is 3.15. The highest BCUT2D eigenvalue weighted by Gasteiger charge is 2.51. The summed E-state index contributed by atoms with van der Waals surface area (Å²) in [7, 11) is -3.28. The second-order valence-electron chi connectivity index (χ2n) is 5.24. The van der Waals surface area contributed by atoms with Crippen LogP contribution < -0.4 is 4.72 Å². The van der Waals surface area contributed by atoms with E-state index in [1.807, 2.05) is 19.1 Å². The minimum absolute atomic E-state index is 0.265. The number of nitrogens with one attached hydrogen (secondary N) is 1. The molecule has 0 amide bonds. The maximum atomic E-state index is 12.1. The van der Waals surface area contributed by atoms with E-state index in [4.69, 9.17) is 0 Å². The standard InChI is InChI=1S/C13H18N2O2S/c1-2-7-15-13(10-14-18(15,16)17)8-11-5-3-4-6-12(11)9-13/h3-6,14H,2,7-10H2,1H3. The van der Waals surface area contributed by atoms with Crippen LogP contribution in [0.1, 0.15) is 24.5 Å². The van der Waals surface area contributed by atoms with Crippen LogP contribution in [0.4, 0.5) is 0 Å². The summed E-state index contributed by atoms with van der Waals surface area (Å²) in [6, 6.07) is 8.27. The lowest BCUT2D eigenvalue weighted by Gasteiger charge is -2.31. The van der Waals surface area contributed by atoms with Crippen LogP contribution in [0.2, 0.25) is 0 Å². The monoisotopic (exact) mass is 266 g/mol. The highest BCUT2D eigenvalue weighted by atomic mass is 32.2. The third kappa shape index (κ3) is 1.69. The van der Waals surface area contributed by atoms with Gasteiger partial charge in [-0.15, -0.1) is 0 Å². The van der Waals surface area contributed by atoms with E-state index >= 15 is 0 Å². The Hall–Kier alpha value is -0.910. The van der Waals surface area contributed by atoms with E-state index in [-0.39, 0.29) is 5.54 Å². The van der Waals surface area contributed by atoms with Crippen LogP contribution >= 0.6 is 0 Å². The predicted molar refractivity (Wildman–Crippen MR) is 70.5 cm³/mol. The molecule has 0 atom stereocenters. The summed E-state index contributed by atoms with van der Waals surface area (Å²) in [5.41, 5.74) is 2.31. The first kappa shape index (κ1) is 12.1. The number of fused-ring (bicyclic) bond motifs is 1. The second kappa shape index (κ2) is 4.05. The smallest absolute Gasteiger partial charge is 0.200 e. The van der Waals surface area contributed by atoms with Crippen molar-refractivity contribution in [2.24, 2.45) is 0 Å². The number of hydrogen-bond acceptors (Lipinski definition) is 2. The zero-order valence-corrected chi connectivity index (χ0v) is 11.3. The Morgan fingerprint density at radius 3 is 2.44 bits per heavy atom. The summed E-state index contributed by atoms with van der Waals surface area (Å²) < 4.78 is 28.5. The van der Waals surface area contributed by atoms with Crippen molar-refractivity contribution >= 4 is 10.2 Å². The van der Waals surface area contributed by atoms with Crippen molar-refractivity contribution in [2.75, 3.05) is 13.1 Å². The summed E-state index contributed by atoms with van der Waals surface area (Å²) in [5, 5.41) is 0. The summed E-state index contributed by atoms with van der Waals surface area (Å²) in [4.78, 5) is 0. The lowest BCUT2D eigenvalue weighted by atomic mass is 9.95. The summed E-state index contributed by atoms with van der Waals surface area (Å²) in [5.74, 6) is 0. The fourth-order valence-electron chi connectivity index (χ4n) is 3.18. The molecule has 0 bridgehead atoms. The van der Waals surface area contributed by atoms with Gasteiger partial charge in [-0.05, 0) is 30.4 Å². The molecule has 1 spiro atoms. The molecule has 1 fully saturated rings. The highest BCUT2D eigenvalue weighted by Crippen LogP contribution is 2.38. The maximum Gasteiger partial charge on any atom is 0.280 e. The van der Waals surface area contributed by atoms with E-state index in [0.29, 0.717) is 13.1 Å². The van der Waals surface area contributed by atoms with E-state index in [9.17, 15) is 8.42 Å². The van der Waals surface area contributed by atoms with Crippen molar-refractivity contribution in [2.45, 2.75) is 31.7 Å². The normalized spacial score (nSPS) is 24.5. The average Bonchev–Trinajstić information content (AvgIpc) is 2.82. The van der Waals surface area contributed by atoms with Crippen LogP contribution in [-0.4, -0.2) is 31.4 Å². The Labute approximate surface area is 108 Å². The molecule has 1 aliphatic carbocycles. The van der Waals surface area contributed by atoms with E-state index in [1.165, 1.54) is 11.1 Å². The van der Waals surface area contributed by atoms with Crippen LogP contribution in [0.5, 0.6) is 0 Å². The van der Waals surface area contributed by atoms with Crippen molar-refractivity contribution in [1.82, 2.24) is 9.03 Å². The van der Waals surface area contributed by atoms with Crippen molar-refractivity contribution in [3.05, 3.63) is 35.4 Å². The minimum Gasteiger partial charge on any atom is -0.200 e. The Morgan fingerprint density at radius 2 is 1.89 bits per heavy atom. The Balaban J connectivity index is 1.98. The number of benzene rings is 1. The van der Waals surface area contributed by atoms with Gasteiger partial charge < -0.3 is 0 Å². The van der Waals surface area contributed by atoms with Gasteiger partial charge in [0.05, 0.1) is 5.54 Å². The van der Waals surface area contributed by atoms with Crippen molar-refractivity contribution in [1.29, 1.82) is 0 Å². The molecule has 98 valence electrons. The first-order valence-corrected chi connectivity index (χ1v) is 7.86. The molecule has 1 saturated heterocycles.